The van der Waals surface area contributed by atoms with Gasteiger partial charge in [-0.2, -0.15) is 4.31 Å². The van der Waals surface area contributed by atoms with Crippen molar-refractivity contribution in [3.05, 3.63) is 28.8 Å². The van der Waals surface area contributed by atoms with Crippen molar-refractivity contribution in [2.45, 2.75) is 44.0 Å². The number of amides is 1. The molecule has 1 saturated heterocycles. The number of carbonyl (C=O) groups excluding carboxylic acids is 1. The van der Waals surface area contributed by atoms with Gasteiger partial charge in [-0.1, -0.05) is 31.9 Å². The Hall–Kier alpha value is -1.64. The normalized spacial score (nSPS) is 17.7. The summed E-state index contributed by atoms with van der Waals surface area (Å²) in [5.41, 5.74) is 0.0572. The molecule has 9 heteroatoms. The van der Waals surface area contributed by atoms with Crippen molar-refractivity contribution in [1.29, 1.82) is 0 Å². The molecule has 1 heterocycles. The van der Waals surface area contributed by atoms with E-state index in [1.54, 1.807) is 6.92 Å². The van der Waals surface area contributed by atoms with Crippen LogP contribution < -0.4 is 5.32 Å². The third-order valence-electron chi connectivity index (χ3n) is 4.64. The molecule has 0 unspecified atom stereocenters. The van der Waals surface area contributed by atoms with Gasteiger partial charge in [-0.3, -0.25) is 4.79 Å². The number of carboxylic acids is 1. The first-order valence-corrected chi connectivity index (χ1v) is 10.3. The Balaban J connectivity index is 2.31. The molecular formula is C17H23ClN2O5S. The summed E-state index contributed by atoms with van der Waals surface area (Å²) in [5.74, 6) is -2.05. The molecule has 2 N–H and O–H groups in total. The lowest BCUT2D eigenvalue weighted by molar-refractivity contribution is -0.140. The fourth-order valence-electron chi connectivity index (χ4n) is 2.82. The summed E-state index contributed by atoms with van der Waals surface area (Å²) in [4.78, 5) is 23.7. The Morgan fingerprint density at radius 1 is 1.31 bits per heavy atom. The van der Waals surface area contributed by atoms with Gasteiger partial charge in [0.05, 0.1) is 5.02 Å². The van der Waals surface area contributed by atoms with Gasteiger partial charge in [0.1, 0.15) is 10.9 Å². The molecule has 0 aromatic heterocycles. The molecular weight excluding hydrogens is 380 g/mol. The Morgan fingerprint density at radius 2 is 1.92 bits per heavy atom. The maximum Gasteiger partial charge on any atom is 0.326 e. The molecule has 26 heavy (non-hydrogen) atoms. The average Bonchev–Trinajstić information content (AvgIpc) is 3.14. The number of aliphatic carboxylic acids is 1. The smallest absolute Gasteiger partial charge is 0.326 e. The molecule has 1 aliphatic rings. The van der Waals surface area contributed by atoms with Crippen LogP contribution in [0.15, 0.2) is 23.1 Å². The van der Waals surface area contributed by atoms with Crippen LogP contribution in [0.2, 0.25) is 5.02 Å². The van der Waals surface area contributed by atoms with Crippen LogP contribution in [0.5, 0.6) is 0 Å². The minimum Gasteiger partial charge on any atom is -0.480 e. The number of hydrogen-bond acceptors (Lipinski definition) is 4. The van der Waals surface area contributed by atoms with E-state index in [9.17, 15) is 23.1 Å². The van der Waals surface area contributed by atoms with Gasteiger partial charge in [-0.05, 0) is 37.0 Å². The van der Waals surface area contributed by atoms with Crippen molar-refractivity contribution in [3.63, 3.8) is 0 Å². The molecule has 1 aliphatic heterocycles. The predicted octanol–water partition coefficient (Wildman–Crippen LogP) is 2.35. The van der Waals surface area contributed by atoms with Gasteiger partial charge in [-0.25, -0.2) is 13.2 Å². The number of carboxylic acid groups (broad SMARTS) is 1. The molecule has 144 valence electrons. The first-order chi connectivity index (χ1) is 12.2. The molecule has 1 amide bonds. The molecule has 0 bridgehead atoms. The van der Waals surface area contributed by atoms with E-state index in [1.807, 2.05) is 6.92 Å². The van der Waals surface area contributed by atoms with E-state index in [4.69, 9.17) is 11.6 Å². The van der Waals surface area contributed by atoms with Crippen molar-refractivity contribution >= 4 is 33.5 Å². The van der Waals surface area contributed by atoms with Crippen LogP contribution in [0.3, 0.4) is 0 Å². The number of nitrogens with one attached hydrogen (secondary N) is 1. The van der Waals surface area contributed by atoms with Crippen molar-refractivity contribution < 1.29 is 23.1 Å². The van der Waals surface area contributed by atoms with Gasteiger partial charge in [-0.15, -0.1) is 0 Å². The third-order valence-corrected chi connectivity index (χ3v) is 7.02. The number of sulfonamides is 1. The fourth-order valence-corrected chi connectivity index (χ4v) is 4.83. The standard InChI is InChI=1S/C17H23ClN2O5S/c1-3-11(2)15(17(22)23)19-16(21)12-6-7-13(18)14(10-12)26(24,25)20-8-4-5-9-20/h6-7,10-11,15H,3-5,8-9H2,1-2H3,(H,19,21)(H,22,23)/t11-,15-/m0/s1. The van der Waals surface area contributed by atoms with Crippen LogP contribution in [0.4, 0.5) is 0 Å². The van der Waals surface area contributed by atoms with E-state index >= 15 is 0 Å². The molecule has 1 aromatic carbocycles. The zero-order chi connectivity index (χ0) is 19.5. The molecule has 1 fully saturated rings. The fraction of sp³-hybridized carbons (Fsp3) is 0.529. The molecule has 0 spiro atoms. The summed E-state index contributed by atoms with van der Waals surface area (Å²) >= 11 is 6.06. The number of halogens is 1. The average molecular weight is 403 g/mol. The Bertz CT molecular complexity index is 790. The van der Waals surface area contributed by atoms with Gasteiger partial charge < -0.3 is 10.4 Å². The highest BCUT2D eigenvalue weighted by molar-refractivity contribution is 7.89. The lowest BCUT2D eigenvalue weighted by Gasteiger charge is -2.21. The Kier molecular flexibility index (Phi) is 6.65. The predicted molar refractivity (Wildman–Crippen MR) is 97.8 cm³/mol. The van der Waals surface area contributed by atoms with E-state index in [0.29, 0.717) is 19.5 Å². The number of nitrogens with zero attached hydrogens (tertiary/aromatic N) is 1. The van der Waals surface area contributed by atoms with Crippen molar-refractivity contribution in [1.82, 2.24) is 9.62 Å². The summed E-state index contributed by atoms with van der Waals surface area (Å²) in [7, 11) is -3.79. The SMILES string of the molecule is CC[C@H](C)[C@H](NC(=O)c1ccc(Cl)c(S(=O)(=O)N2CCCC2)c1)C(=O)O. The zero-order valence-corrected chi connectivity index (χ0v) is 16.3. The lowest BCUT2D eigenvalue weighted by Crippen LogP contribution is -2.45. The molecule has 0 saturated carbocycles. The molecule has 2 atom stereocenters. The molecule has 2 rings (SSSR count). The van der Waals surface area contributed by atoms with E-state index < -0.39 is 27.9 Å². The second-order valence-electron chi connectivity index (χ2n) is 6.43. The van der Waals surface area contributed by atoms with Crippen LogP contribution in [0.1, 0.15) is 43.5 Å². The summed E-state index contributed by atoms with van der Waals surface area (Å²) in [6, 6.07) is 2.89. The molecule has 1 aromatic rings. The van der Waals surface area contributed by atoms with Crippen LogP contribution in [-0.2, 0) is 14.8 Å². The number of hydrogen-bond donors (Lipinski definition) is 2. The maximum absolute atomic E-state index is 12.7. The van der Waals surface area contributed by atoms with Crippen molar-refractivity contribution in [3.8, 4) is 0 Å². The highest BCUT2D eigenvalue weighted by atomic mass is 35.5. The minimum atomic E-state index is -3.79. The van der Waals surface area contributed by atoms with Crippen LogP contribution >= 0.6 is 11.6 Å². The molecule has 0 radical (unpaired) electrons. The first kappa shape index (κ1) is 20.7. The van der Waals surface area contributed by atoms with Crippen LogP contribution in [0.25, 0.3) is 0 Å². The Labute approximate surface area is 158 Å². The lowest BCUT2D eigenvalue weighted by atomic mass is 9.99. The third kappa shape index (κ3) is 4.36. The maximum atomic E-state index is 12.7. The zero-order valence-electron chi connectivity index (χ0n) is 14.7. The number of benzene rings is 1. The van der Waals surface area contributed by atoms with E-state index in [0.717, 1.165) is 12.8 Å². The second kappa shape index (κ2) is 8.37. The monoisotopic (exact) mass is 402 g/mol. The highest BCUT2D eigenvalue weighted by Crippen LogP contribution is 2.28. The minimum absolute atomic E-state index is 0.0326. The van der Waals surface area contributed by atoms with Gasteiger partial charge in [0, 0.05) is 18.7 Å². The van der Waals surface area contributed by atoms with Gasteiger partial charge in [0.2, 0.25) is 10.0 Å². The summed E-state index contributed by atoms with van der Waals surface area (Å²) < 4.78 is 26.8. The second-order valence-corrected chi connectivity index (χ2v) is 8.74. The van der Waals surface area contributed by atoms with E-state index in [2.05, 4.69) is 5.32 Å². The topological polar surface area (TPSA) is 104 Å². The number of rotatable bonds is 7. The Morgan fingerprint density at radius 3 is 2.46 bits per heavy atom. The largest absolute Gasteiger partial charge is 0.480 e. The van der Waals surface area contributed by atoms with Crippen LogP contribution in [0, 0.1) is 5.92 Å². The van der Waals surface area contributed by atoms with E-state index in [1.165, 1.54) is 22.5 Å². The first-order valence-electron chi connectivity index (χ1n) is 8.51. The van der Waals surface area contributed by atoms with Crippen molar-refractivity contribution in [2.24, 2.45) is 5.92 Å². The quantitative estimate of drug-likeness (QED) is 0.728. The van der Waals surface area contributed by atoms with Gasteiger partial charge in [0.25, 0.3) is 5.91 Å². The summed E-state index contributed by atoms with van der Waals surface area (Å²) in [6.07, 6.45) is 2.14. The molecule has 0 aliphatic carbocycles. The van der Waals surface area contributed by atoms with Crippen LogP contribution in [-0.4, -0.2) is 48.8 Å². The van der Waals surface area contributed by atoms with Gasteiger partial charge in [0.15, 0.2) is 0 Å². The van der Waals surface area contributed by atoms with E-state index in [-0.39, 0.29) is 21.4 Å². The number of carbonyl (C=O) groups is 2. The summed E-state index contributed by atoms with van der Waals surface area (Å²) in [6.45, 7) is 4.40. The summed E-state index contributed by atoms with van der Waals surface area (Å²) in [5, 5.41) is 11.8. The molecule has 7 nitrogen and oxygen atoms in total. The highest BCUT2D eigenvalue weighted by Gasteiger charge is 2.31. The van der Waals surface area contributed by atoms with Crippen molar-refractivity contribution in [2.75, 3.05) is 13.1 Å². The van der Waals surface area contributed by atoms with Gasteiger partial charge >= 0.3 is 5.97 Å².